The fourth-order valence-electron chi connectivity index (χ4n) is 3.24. The van der Waals surface area contributed by atoms with Crippen LogP contribution >= 0.6 is 0 Å². The first-order valence-electron chi connectivity index (χ1n) is 13.8. The molecule has 0 fully saturated rings. The predicted octanol–water partition coefficient (Wildman–Crippen LogP) is 5.88. The summed E-state index contributed by atoms with van der Waals surface area (Å²) in [6, 6.07) is 11.5. The molecule has 1 aromatic carbocycles. The number of rotatable bonds is 24. The average Bonchev–Trinajstić information content (AvgIpc) is 2.85. The quantitative estimate of drug-likeness (QED) is 0.0996. The van der Waals surface area contributed by atoms with E-state index < -0.39 is 0 Å². The molecule has 0 saturated heterocycles. The first-order valence-corrected chi connectivity index (χ1v) is 16.2. The van der Waals surface area contributed by atoms with Gasteiger partial charge in [-0.15, -0.1) is 0 Å². The van der Waals surface area contributed by atoms with Crippen LogP contribution in [0.4, 0.5) is 0 Å². The van der Waals surface area contributed by atoms with Crippen molar-refractivity contribution < 1.29 is 18.9 Å². The summed E-state index contributed by atoms with van der Waals surface area (Å²) in [6.07, 6.45) is 10.9. The summed E-state index contributed by atoms with van der Waals surface area (Å²) in [4.78, 5) is 0. The third-order valence-corrected chi connectivity index (χ3v) is 8.07. The Morgan fingerprint density at radius 3 is 1.09 bits per heavy atom. The molecule has 0 aromatic heterocycles. The van der Waals surface area contributed by atoms with Gasteiger partial charge in [0, 0.05) is 26.4 Å². The van der Waals surface area contributed by atoms with Crippen molar-refractivity contribution in [1.29, 1.82) is 0 Å². The van der Waals surface area contributed by atoms with E-state index in [1.807, 2.05) is 0 Å². The minimum atomic E-state index is -0.0432. The van der Waals surface area contributed by atoms with E-state index in [1.54, 1.807) is 0 Å². The van der Waals surface area contributed by atoms with Crippen molar-refractivity contribution in [2.24, 2.45) is 0 Å². The number of hydrogen-bond acceptors (Lipinski definition) is 4. The fraction of sp³-hybridized carbons (Fsp3) is 0.786. The topological polar surface area (TPSA) is 36.9 Å². The summed E-state index contributed by atoms with van der Waals surface area (Å²) in [5.41, 5.74) is 0. The highest BCUT2D eigenvalue weighted by molar-refractivity contribution is 6.55. The maximum atomic E-state index is 5.97. The van der Waals surface area contributed by atoms with Crippen LogP contribution in [0.25, 0.3) is 0 Å². The monoisotopic (exact) mass is 506 g/mol. The van der Waals surface area contributed by atoms with Crippen molar-refractivity contribution in [3.63, 3.8) is 0 Å². The second kappa shape index (κ2) is 22.9. The van der Waals surface area contributed by atoms with Crippen molar-refractivity contribution in [1.82, 2.24) is 0 Å². The van der Waals surface area contributed by atoms with Crippen molar-refractivity contribution in [3.8, 4) is 0 Å². The minimum absolute atomic E-state index is 0.0432. The summed E-state index contributed by atoms with van der Waals surface area (Å²) in [5.74, 6) is 0. The van der Waals surface area contributed by atoms with Crippen LogP contribution in [0.1, 0.15) is 91.9 Å². The van der Waals surface area contributed by atoms with Gasteiger partial charge in [0.1, 0.15) is 0 Å². The number of hydrogen-bond donors (Lipinski definition) is 0. The lowest BCUT2D eigenvalue weighted by molar-refractivity contribution is -0.144. The van der Waals surface area contributed by atoms with Gasteiger partial charge in [-0.05, 0) is 38.5 Å². The van der Waals surface area contributed by atoms with Crippen LogP contribution in [-0.4, -0.2) is 58.0 Å². The van der Waals surface area contributed by atoms with Crippen LogP contribution in [0.3, 0.4) is 0 Å². The summed E-state index contributed by atoms with van der Waals surface area (Å²) in [7, 11) is 1.61. The average molecular weight is 507 g/mol. The van der Waals surface area contributed by atoms with E-state index in [4.69, 9.17) is 18.9 Å². The summed E-state index contributed by atoms with van der Waals surface area (Å²) >= 11 is 0. The predicted molar refractivity (Wildman–Crippen MR) is 147 cm³/mol. The van der Waals surface area contributed by atoms with Crippen LogP contribution in [0, 0.1) is 0 Å². The molecule has 1 aromatic rings. The SMILES string of the molecule is CCCCOC(CC[Si]c1ccc([Si]CCC(OCCCC)OCCCC)cc1)OCCCC. The van der Waals surface area contributed by atoms with Crippen LogP contribution in [-0.2, 0) is 18.9 Å². The molecule has 0 spiro atoms. The molecule has 0 aliphatic heterocycles. The molecule has 0 heterocycles. The first kappa shape index (κ1) is 31.5. The van der Waals surface area contributed by atoms with E-state index in [-0.39, 0.29) is 12.6 Å². The summed E-state index contributed by atoms with van der Waals surface area (Å²) in [6.45, 7) is 12.0. The Morgan fingerprint density at radius 1 is 0.529 bits per heavy atom. The normalized spacial score (nSPS) is 11.7. The molecule has 0 saturated carbocycles. The smallest absolute Gasteiger partial charge is 0.157 e. The molecule has 0 atom stereocenters. The van der Waals surface area contributed by atoms with Crippen molar-refractivity contribution in [3.05, 3.63) is 24.3 Å². The van der Waals surface area contributed by atoms with Gasteiger partial charge in [0.05, 0.1) is 19.0 Å². The molecule has 0 N–H and O–H groups in total. The van der Waals surface area contributed by atoms with Gasteiger partial charge < -0.3 is 18.9 Å². The van der Waals surface area contributed by atoms with Gasteiger partial charge in [-0.1, -0.05) is 100 Å². The summed E-state index contributed by atoms with van der Waals surface area (Å²) < 4.78 is 23.9. The third-order valence-electron chi connectivity index (χ3n) is 5.51. The number of benzene rings is 1. The third kappa shape index (κ3) is 17.0. The van der Waals surface area contributed by atoms with Gasteiger partial charge >= 0.3 is 0 Å². The minimum Gasteiger partial charge on any atom is -0.353 e. The maximum absolute atomic E-state index is 5.97. The molecule has 4 radical (unpaired) electrons. The summed E-state index contributed by atoms with van der Waals surface area (Å²) in [5, 5.41) is 2.86. The van der Waals surface area contributed by atoms with Gasteiger partial charge in [-0.25, -0.2) is 0 Å². The van der Waals surface area contributed by atoms with E-state index in [2.05, 4.69) is 52.0 Å². The standard InChI is InChI=1S/C28H50O4Si2/c1-5-9-19-29-27(30-20-10-6-2)17-23-33-25-13-15-26(16-14-25)34-24-18-28(31-21-11-7-3)32-22-12-8-4/h13-16,27-28H,5-12,17-24H2,1-4H3. The van der Waals surface area contributed by atoms with Gasteiger partial charge in [0.15, 0.2) is 12.6 Å². The highest BCUT2D eigenvalue weighted by Gasteiger charge is 2.11. The van der Waals surface area contributed by atoms with Crippen molar-refractivity contribution in [2.75, 3.05) is 26.4 Å². The molecule has 4 nitrogen and oxygen atoms in total. The fourth-order valence-corrected chi connectivity index (χ4v) is 5.38. The van der Waals surface area contributed by atoms with E-state index in [9.17, 15) is 0 Å². The maximum Gasteiger partial charge on any atom is 0.157 e. The van der Waals surface area contributed by atoms with E-state index >= 15 is 0 Å². The molecule has 34 heavy (non-hydrogen) atoms. The van der Waals surface area contributed by atoms with Gasteiger partial charge in [-0.2, -0.15) is 0 Å². The second-order valence-electron chi connectivity index (χ2n) is 8.76. The molecule has 1 rings (SSSR count). The lowest BCUT2D eigenvalue weighted by atomic mass is 10.3. The molecule has 194 valence electrons. The van der Waals surface area contributed by atoms with Gasteiger partial charge in [0.2, 0.25) is 0 Å². The van der Waals surface area contributed by atoms with Crippen LogP contribution in [0.5, 0.6) is 0 Å². The Bertz CT molecular complexity index is 487. The lowest BCUT2D eigenvalue weighted by Crippen LogP contribution is -2.24. The highest BCUT2D eigenvalue weighted by atomic mass is 28.2. The van der Waals surface area contributed by atoms with E-state index in [0.717, 1.165) is 122 Å². The van der Waals surface area contributed by atoms with E-state index in [0.29, 0.717) is 0 Å². The molecule has 6 heteroatoms. The molecule has 0 amide bonds. The molecular formula is C28H50O4Si2. The molecule has 0 bridgehead atoms. The highest BCUT2D eigenvalue weighted by Crippen LogP contribution is 2.09. The van der Waals surface area contributed by atoms with E-state index in [1.165, 1.54) is 10.4 Å². The molecule has 0 unspecified atom stereocenters. The van der Waals surface area contributed by atoms with Crippen molar-refractivity contribution >= 4 is 29.4 Å². The molecule has 0 aliphatic rings. The zero-order chi connectivity index (χ0) is 24.7. The first-order chi connectivity index (χ1) is 16.7. The zero-order valence-electron chi connectivity index (χ0n) is 22.4. The Hall–Kier alpha value is -0.506. The number of ether oxygens (including phenoxy) is 4. The lowest BCUT2D eigenvalue weighted by Gasteiger charge is -2.18. The Labute approximate surface area is 215 Å². The molecule has 0 aliphatic carbocycles. The Balaban J connectivity index is 2.35. The van der Waals surface area contributed by atoms with Crippen molar-refractivity contribution in [2.45, 2.75) is 117 Å². The zero-order valence-corrected chi connectivity index (χ0v) is 24.4. The Morgan fingerprint density at radius 2 is 0.824 bits per heavy atom. The van der Waals surface area contributed by atoms with Gasteiger partial charge in [-0.3, -0.25) is 0 Å². The second-order valence-corrected chi connectivity index (χ2v) is 11.6. The van der Waals surface area contributed by atoms with Crippen LogP contribution < -0.4 is 10.4 Å². The Kier molecular flexibility index (Phi) is 21.3. The van der Waals surface area contributed by atoms with Gasteiger partial charge in [0.25, 0.3) is 0 Å². The number of unbranched alkanes of at least 4 members (excludes halogenated alkanes) is 4. The van der Waals surface area contributed by atoms with Crippen LogP contribution in [0.15, 0.2) is 24.3 Å². The largest absolute Gasteiger partial charge is 0.353 e. The van der Waals surface area contributed by atoms with Crippen LogP contribution in [0.2, 0.25) is 12.1 Å². The molecular weight excluding hydrogens is 456 g/mol.